The van der Waals surface area contributed by atoms with Crippen molar-refractivity contribution in [3.05, 3.63) is 53.0 Å². The Bertz CT molecular complexity index is 605. The summed E-state index contributed by atoms with van der Waals surface area (Å²) in [6.07, 6.45) is 0. The zero-order chi connectivity index (χ0) is 14.5. The molecule has 5 heteroatoms. The van der Waals surface area contributed by atoms with Gasteiger partial charge in [-0.2, -0.15) is 0 Å². The zero-order valence-corrected chi connectivity index (χ0v) is 11.9. The SMILES string of the molecule is Cc1cc(C)nc(NC(=O)NCc2cccc(C)n2)c1. The highest BCUT2D eigenvalue weighted by Gasteiger charge is 2.04. The van der Waals surface area contributed by atoms with Gasteiger partial charge in [0.25, 0.3) is 0 Å². The Hall–Kier alpha value is -2.43. The first-order chi connectivity index (χ1) is 9.52. The third kappa shape index (κ3) is 4.05. The minimum absolute atomic E-state index is 0.286. The number of amides is 2. The lowest BCUT2D eigenvalue weighted by Crippen LogP contribution is -2.29. The fraction of sp³-hybridized carbons (Fsp3) is 0.267. The first-order valence-corrected chi connectivity index (χ1v) is 6.45. The molecule has 0 aliphatic heterocycles. The first kappa shape index (κ1) is 14.0. The Morgan fingerprint density at radius 3 is 2.60 bits per heavy atom. The van der Waals surface area contributed by atoms with E-state index in [1.165, 1.54) is 0 Å². The van der Waals surface area contributed by atoms with Crippen LogP contribution in [0.3, 0.4) is 0 Å². The second-order valence-electron chi connectivity index (χ2n) is 4.75. The molecule has 2 rings (SSSR count). The molecule has 0 saturated carbocycles. The Labute approximate surface area is 118 Å². The summed E-state index contributed by atoms with van der Waals surface area (Å²) in [5.41, 5.74) is 3.70. The average Bonchev–Trinajstić information content (AvgIpc) is 2.35. The monoisotopic (exact) mass is 270 g/mol. The van der Waals surface area contributed by atoms with E-state index < -0.39 is 0 Å². The fourth-order valence-electron chi connectivity index (χ4n) is 1.93. The van der Waals surface area contributed by atoms with Gasteiger partial charge in [0.2, 0.25) is 0 Å². The van der Waals surface area contributed by atoms with Crippen molar-refractivity contribution in [1.82, 2.24) is 15.3 Å². The lowest BCUT2D eigenvalue weighted by atomic mass is 10.2. The molecule has 0 fully saturated rings. The van der Waals surface area contributed by atoms with Gasteiger partial charge in [0, 0.05) is 11.4 Å². The standard InChI is InChI=1S/C15H18N4O/c1-10-7-12(3)18-14(8-10)19-15(20)16-9-13-6-4-5-11(2)17-13/h4-8H,9H2,1-3H3,(H2,16,18,19,20). The molecule has 0 saturated heterocycles. The predicted octanol–water partition coefficient (Wildman–Crippen LogP) is 2.72. The van der Waals surface area contributed by atoms with E-state index in [9.17, 15) is 4.79 Å². The number of rotatable bonds is 3. The summed E-state index contributed by atoms with van der Waals surface area (Å²) < 4.78 is 0. The quantitative estimate of drug-likeness (QED) is 0.901. The summed E-state index contributed by atoms with van der Waals surface area (Å²) in [6, 6.07) is 9.22. The van der Waals surface area contributed by atoms with Crippen LogP contribution in [0.2, 0.25) is 0 Å². The number of pyridine rings is 2. The van der Waals surface area contributed by atoms with Crippen molar-refractivity contribution in [2.75, 3.05) is 5.32 Å². The maximum atomic E-state index is 11.8. The van der Waals surface area contributed by atoms with Crippen LogP contribution in [0, 0.1) is 20.8 Å². The molecule has 2 N–H and O–H groups in total. The van der Waals surface area contributed by atoms with Gasteiger partial charge in [0.05, 0.1) is 12.2 Å². The van der Waals surface area contributed by atoms with Gasteiger partial charge in [-0.25, -0.2) is 9.78 Å². The van der Waals surface area contributed by atoms with E-state index >= 15 is 0 Å². The van der Waals surface area contributed by atoms with Crippen LogP contribution < -0.4 is 10.6 Å². The Morgan fingerprint density at radius 2 is 1.90 bits per heavy atom. The average molecular weight is 270 g/mol. The number of hydrogen-bond acceptors (Lipinski definition) is 3. The number of nitrogens with one attached hydrogen (secondary N) is 2. The van der Waals surface area contributed by atoms with Gasteiger partial charge in [0.1, 0.15) is 5.82 Å². The number of anilines is 1. The van der Waals surface area contributed by atoms with E-state index in [1.807, 2.05) is 51.1 Å². The van der Waals surface area contributed by atoms with E-state index in [1.54, 1.807) is 0 Å². The number of nitrogens with zero attached hydrogens (tertiary/aromatic N) is 2. The summed E-state index contributed by atoms with van der Waals surface area (Å²) in [7, 11) is 0. The van der Waals surface area contributed by atoms with Crippen molar-refractivity contribution in [2.45, 2.75) is 27.3 Å². The van der Waals surface area contributed by atoms with Gasteiger partial charge in [-0.15, -0.1) is 0 Å². The molecule has 0 aliphatic carbocycles. The third-order valence-corrected chi connectivity index (χ3v) is 2.72. The molecule has 0 spiro atoms. The number of urea groups is 1. The number of carbonyl (C=O) groups is 1. The summed E-state index contributed by atoms with van der Waals surface area (Å²) in [5.74, 6) is 0.553. The van der Waals surface area contributed by atoms with E-state index in [0.29, 0.717) is 12.4 Å². The van der Waals surface area contributed by atoms with Crippen LogP contribution in [0.4, 0.5) is 10.6 Å². The van der Waals surface area contributed by atoms with Gasteiger partial charge in [-0.05, 0) is 50.6 Å². The molecule has 2 aromatic heterocycles. The molecule has 2 aromatic rings. The summed E-state index contributed by atoms with van der Waals surface area (Å²) in [5, 5.41) is 5.48. The molecule has 104 valence electrons. The van der Waals surface area contributed by atoms with Gasteiger partial charge in [0.15, 0.2) is 0 Å². The first-order valence-electron chi connectivity index (χ1n) is 6.45. The zero-order valence-electron chi connectivity index (χ0n) is 11.9. The van der Waals surface area contributed by atoms with Crippen molar-refractivity contribution in [2.24, 2.45) is 0 Å². The van der Waals surface area contributed by atoms with E-state index in [2.05, 4.69) is 20.6 Å². The van der Waals surface area contributed by atoms with Gasteiger partial charge in [-0.1, -0.05) is 6.07 Å². The van der Waals surface area contributed by atoms with E-state index in [-0.39, 0.29) is 6.03 Å². The van der Waals surface area contributed by atoms with Crippen molar-refractivity contribution < 1.29 is 4.79 Å². The topological polar surface area (TPSA) is 66.9 Å². The Kier molecular flexibility index (Phi) is 4.30. The third-order valence-electron chi connectivity index (χ3n) is 2.72. The molecule has 2 amide bonds. The minimum Gasteiger partial charge on any atom is -0.332 e. The maximum Gasteiger partial charge on any atom is 0.320 e. The normalized spacial score (nSPS) is 10.2. The van der Waals surface area contributed by atoms with Crippen LogP contribution in [0.25, 0.3) is 0 Å². The molecule has 0 bridgehead atoms. The van der Waals surface area contributed by atoms with Crippen LogP contribution in [0.15, 0.2) is 30.3 Å². The van der Waals surface area contributed by atoms with Gasteiger partial charge in [-0.3, -0.25) is 10.3 Å². The van der Waals surface area contributed by atoms with Crippen LogP contribution >= 0.6 is 0 Å². The minimum atomic E-state index is -0.286. The van der Waals surface area contributed by atoms with Crippen LogP contribution in [0.1, 0.15) is 22.6 Å². The molecule has 20 heavy (non-hydrogen) atoms. The highest BCUT2D eigenvalue weighted by molar-refractivity contribution is 5.88. The van der Waals surface area contributed by atoms with Crippen LogP contribution in [-0.2, 0) is 6.54 Å². The molecule has 2 heterocycles. The molecular formula is C15H18N4O. The number of hydrogen-bond donors (Lipinski definition) is 2. The highest BCUT2D eigenvalue weighted by Crippen LogP contribution is 2.08. The second kappa shape index (κ2) is 6.14. The lowest BCUT2D eigenvalue weighted by Gasteiger charge is -2.08. The van der Waals surface area contributed by atoms with Crippen LogP contribution in [0.5, 0.6) is 0 Å². The lowest BCUT2D eigenvalue weighted by molar-refractivity contribution is 0.251. The number of aryl methyl sites for hydroxylation is 3. The molecular weight excluding hydrogens is 252 g/mol. The largest absolute Gasteiger partial charge is 0.332 e. The van der Waals surface area contributed by atoms with Crippen LogP contribution in [-0.4, -0.2) is 16.0 Å². The second-order valence-corrected chi connectivity index (χ2v) is 4.75. The predicted molar refractivity (Wildman–Crippen MR) is 78.5 cm³/mol. The Morgan fingerprint density at radius 1 is 1.10 bits per heavy atom. The van der Waals surface area contributed by atoms with Crippen molar-refractivity contribution in [3.8, 4) is 0 Å². The van der Waals surface area contributed by atoms with Crippen molar-refractivity contribution in [1.29, 1.82) is 0 Å². The summed E-state index contributed by atoms with van der Waals surface area (Å²) in [4.78, 5) is 20.4. The van der Waals surface area contributed by atoms with E-state index in [0.717, 1.165) is 22.6 Å². The van der Waals surface area contributed by atoms with E-state index in [4.69, 9.17) is 0 Å². The molecule has 0 radical (unpaired) electrons. The highest BCUT2D eigenvalue weighted by atomic mass is 16.2. The smallest absolute Gasteiger partial charge is 0.320 e. The number of aromatic nitrogens is 2. The fourth-order valence-corrected chi connectivity index (χ4v) is 1.93. The van der Waals surface area contributed by atoms with Crippen molar-refractivity contribution in [3.63, 3.8) is 0 Å². The number of carbonyl (C=O) groups excluding carboxylic acids is 1. The summed E-state index contributed by atoms with van der Waals surface area (Å²) >= 11 is 0. The molecule has 0 aliphatic rings. The molecule has 0 unspecified atom stereocenters. The molecule has 0 atom stereocenters. The van der Waals surface area contributed by atoms with Crippen molar-refractivity contribution >= 4 is 11.8 Å². The molecule has 0 aromatic carbocycles. The van der Waals surface area contributed by atoms with Gasteiger partial charge >= 0.3 is 6.03 Å². The summed E-state index contributed by atoms with van der Waals surface area (Å²) in [6.45, 7) is 6.17. The molecule has 5 nitrogen and oxygen atoms in total. The maximum absolute atomic E-state index is 11.8. The van der Waals surface area contributed by atoms with Gasteiger partial charge < -0.3 is 5.32 Å². The Balaban J connectivity index is 1.92.